The second-order valence-electron chi connectivity index (χ2n) is 3.92. The molecule has 1 fully saturated rings. The van der Waals surface area contributed by atoms with E-state index in [1.807, 2.05) is 0 Å². The van der Waals surface area contributed by atoms with Gasteiger partial charge in [-0.2, -0.15) is 0 Å². The van der Waals surface area contributed by atoms with E-state index < -0.39 is 0 Å². The van der Waals surface area contributed by atoms with Crippen LogP contribution in [0.25, 0.3) is 0 Å². The van der Waals surface area contributed by atoms with Gasteiger partial charge in [-0.15, -0.1) is 12.3 Å². The van der Waals surface area contributed by atoms with Crippen molar-refractivity contribution >= 4 is 0 Å². The van der Waals surface area contributed by atoms with Crippen LogP contribution < -0.4 is 0 Å². The molecule has 0 radical (unpaired) electrons. The Bertz CT molecular complexity index is 166. The number of hydrogen-bond donors (Lipinski definition) is 0. The van der Waals surface area contributed by atoms with E-state index in [1.54, 1.807) is 0 Å². The Morgan fingerprint density at radius 1 is 1.33 bits per heavy atom. The summed E-state index contributed by atoms with van der Waals surface area (Å²) in [5, 5.41) is 0. The molecule has 0 aromatic heterocycles. The molecule has 0 aromatic carbocycles. The van der Waals surface area contributed by atoms with Crippen molar-refractivity contribution < 1.29 is 0 Å². The van der Waals surface area contributed by atoms with Crippen molar-refractivity contribution in [2.75, 3.05) is 13.1 Å². The second-order valence-corrected chi connectivity index (χ2v) is 3.92. The first-order chi connectivity index (χ1) is 5.74. The molecule has 12 heavy (non-hydrogen) atoms. The van der Waals surface area contributed by atoms with Gasteiger partial charge < -0.3 is 4.90 Å². The fourth-order valence-corrected chi connectivity index (χ4v) is 1.80. The maximum Gasteiger partial charge on any atom is 0.0212 e. The molecule has 1 aliphatic heterocycles. The molecule has 1 heterocycles. The number of hydrogen-bond acceptors (Lipinski definition) is 1. The van der Waals surface area contributed by atoms with E-state index in [-0.39, 0.29) is 0 Å². The van der Waals surface area contributed by atoms with Gasteiger partial charge in [0, 0.05) is 12.0 Å². The highest BCUT2D eigenvalue weighted by Gasteiger charge is 2.16. The average Bonchev–Trinajstić information content (AvgIpc) is 2.28. The Hall–Kier alpha value is -0.480. The van der Waals surface area contributed by atoms with Gasteiger partial charge in [0.1, 0.15) is 0 Å². The van der Waals surface area contributed by atoms with E-state index in [2.05, 4.69) is 24.7 Å². The summed E-state index contributed by atoms with van der Waals surface area (Å²) in [6.45, 7) is 6.94. The van der Waals surface area contributed by atoms with Gasteiger partial charge in [0.05, 0.1) is 0 Å². The van der Waals surface area contributed by atoms with E-state index in [0.717, 1.165) is 0 Å². The SMILES string of the molecule is C#CC1CCCN(C(C)C)CC1. The van der Waals surface area contributed by atoms with E-state index in [9.17, 15) is 0 Å². The fraction of sp³-hybridized carbons (Fsp3) is 0.818. The van der Waals surface area contributed by atoms with Crippen molar-refractivity contribution in [1.82, 2.24) is 4.90 Å². The molecular weight excluding hydrogens is 146 g/mol. The highest BCUT2D eigenvalue weighted by atomic mass is 15.1. The standard InChI is InChI=1S/C11H19N/c1-4-11-6-5-8-12(9-7-11)10(2)3/h1,10-11H,5-9H2,2-3H3. The zero-order valence-electron chi connectivity index (χ0n) is 8.21. The van der Waals surface area contributed by atoms with Gasteiger partial charge >= 0.3 is 0 Å². The van der Waals surface area contributed by atoms with Crippen molar-refractivity contribution in [3.63, 3.8) is 0 Å². The number of likely N-dealkylation sites (tertiary alicyclic amines) is 1. The molecule has 0 spiro atoms. The third-order valence-electron chi connectivity index (χ3n) is 2.73. The highest BCUT2D eigenvalue weighted by Crippen LogP contribution is 2.17. The Morgan fingerprint density at radius 3 is 2.67 bits per heavy atom. The van der Waals surface area contributed by atoms with Gasteiger partial charge in [-0.05, 0) is 46.2 Å². The molecule has 0 aliphatic carbocycles. The smallest absolute Gasteiger partial charge is 0.0212 e. The lowest BCUT2D eigenvalue weighted by atomic mass is 10.0. The Morgan fingerprint density at radius 2 is 2.08 bits per heavy atom. The zero-order valence-corrected chi connectivity index (χ0v) is 8.21. The molecule has 1 unspecified atom stereocenters. The first-order valence-corrected chi connectivity index (χ1v) is 4.94. The van der Waals surface area contributed by atoms with E-state index in [4.69, 9.17) is 6.42 Å². The molecule has 0 bridgehead atoms. The van der Waals surface area contributed by atoms with Crippen molar-refractivity contribution in [2.24, 2.45) is 5.92 Å². The van der Waals surface area contributed by atoms with Crippen LogP contribution in [0, 0.1) is 18.3 Å². The summed E-state index contributed by atoms with van der Waals surface area (Å²) < 4.78 is 0. The third-order valence-corrected chi connectivity index (χ3v) is 2.73. The summed E-state index contributed by atoms with van der Waals surface area (Å²) in [5.74, 6) is 3.41. The quantitative estimate of drug-likeness (QED) is 0.538. The lowest BCUT2D eigenvalue weighted by Crippen LogP contribution is -2.31. The molecule has 1 heteroatoms. The minimum Gasteiger partial charge on any atom is -0.301 e. The van der Waals surface area contributed by atoms with Gasteiger partial charge in [0.25, 0.3) is 0 Å². The van der Waals surface area contributed by atoms with Crippen molar-refractivity contribution in [3.8, 4) is 12.3 Å². The summed E-state index contributed by atoms with van der Waals surface area (Å²) >= 11 is 0. The topological polar surface area (TPSA) is 3.24 Å². The van der Waals surface area contributed by atoms with E-state index >= 15 is 0 Å². The monoisotopic (exact) mass is 165 g/mol. The molecule has 1 atom stereocenters. The van der Waals surface area contributed by atoms with E-state index in [1.165, 1.54) is 32.4 Å². The summed E-state index contributed by atoms with van der Waals surface area (Å²) in [6.07, 6.45) is 9.11. The van der Waals surface area contributed by atoms with Crippen LogP contribution in [-0.4, -0.2) is 24.0 Å². The van der Waals surface area contributed by atoms with Gasteiger partial charge in [0.15, 0.2) is 0 Å². The zero-order chi connectivity index (χ0) is 8.97. The molecule has 68 valence electrons. The minimum absolute atomic E-state index is 0.536. The predicted octanol–water partition coefficient (Wildman–Crippen LogP) is 2.13. The molecule has 1 nitrogen and oxygen atoms in total. The number of rotatable bonds is 1. The summed E-state index contributed by atoms with van der Waals surface area (Å²) in [6, 6.07) is 0.682. The predicted molar refractivity (Wildman–Crippen MR) is 52.9 cm³/mol. The maximum absolute atomic E-state index is 5.43. The van der Waals surface area contributed by atoms with E-state index in [0.29, 0.717) is 12.0 Å². The van der Waals surface area contributed by atoms with Crippen molar-refractivity contribution in [1.29, 1.82) is 0 Å². The molecule has 1 saturated heterocycles. The summed E-state index contributed by atoms with van der Waals surface area (Å²) in [4.78, 5) is 2.53. The largest absolute Gasteiger partial charge is 0.301 e. The molecule has 0 aromatic rings. The Labute approximate surface area is 76.1 Å². The van der Waals surface area contributed by atoms with Crippen LogP contribution in [-0.2, 0) is 0 Å². The molecule has 0 N–H and O–H groups in total. The van der Waals surface area contributed by atoms with Crippen LogP contribution in [0.2, 0.25) is 0 Å². The van der Waals surface area contributed by atoms with Crippen LogP contribution in [0.4, 0.5) is 0 Å². The van der Waals surface area contributed by atoms with Gasteiger partial charge in [0.2, 0.25) is 0 Å². The highest BCUT2D eigenvalue weighted by molar-refractivity contribution is 4.94. The average molecular weight is 165 g/mol. The van der Waals surface area contributed by atoms with Crippen LogP contribution in [0.3, 0.4) is 0 Å². The van der Waals surface area contributed by atoms with Crippen molar-refractivity contribution in [2.45, 2.75) is 39.2 Å². The summed E-state index contributed by atoms with van der Waals surface area (Å²) in [5.41, 5.74) is 0. The Kier molecular flexibility index (Phi) is 3.62. The number of nitrogens with zero attached hydrogens (tertiary/aromatic N) is 1. The number of terminal acetylenes is 1. The summed E-state index contributed by atoms with van der Waals surface area (Å²) in [7, 11) is 0. The van der Waals surface area contributed by atoms with Crippen LogP contribution in [0.1, 0.15) is 33.1 Å². The molecule has 1 rings (SSSR count). The van der Waals surface area contributed by atoms with Crippen LogP contribution >= 0.6 is 0 Å². The normalized spacial score (nSPS) is 26.7. The molecule has 0 amide bonds. The second kappa shape index (κ2) is 4.52. The van der Waals surface area contributed by atoms with Crippen LogP contribution in [0.5, 0.6) is 0 Å². The van der Waals surface area contributed by atoms with Gasteiger partial charge in [-0.3, -0.25) is 0 Å². The lowest BCUT2D eigenvalue weighted by molar-refractivity contribution is 0.229. The van der Waals surface area contributed by atoms with Gasteiger partial charge in [-0.25, -0.2) is 0 Å². The molecular formula is C11H19N. The first-order valence-electron chi connectivity index (χ1n) is 4.94. The molecule has 0 saturated carbocycles. The Balaban J connectivity index is 2.40. The van der Waals surface area contributed by atoms with Crippen molar-refractivity contribution in [3.05, 3.63) is 0 Å². The third kappa shape index (κ3) is 2.53. The van der Waals surface area contributed by atoms with Gasteiger partial charge in [-0.1, -0.05) is 0 Å². The lowest BCUT2D eigenvalue weighted by Gasteiger charge is -2.23. The minimum atomic E-state index is 0.536. The first kappa shape index (κ1) is 9.61. The fourth-order valence-electron chi connectivity index (χ4n) is 1.80. The van der Waals surface area contributed by atoms with Crippen LogP contribution in [0.15, 0.2) is 0 Å². The maximum atomic E-state index is 5.43. The molecule has 1 aliphatic rings.